The molecule has 0 saturated carbocycles. The third-order valence-corrected chi connectivity index (χ3v) is 5.09. The van der Waals surface area contributed by atoms with Crippen LogP contribution < -0.4 is 0 Å². The molecular weight excluding hydrogens is 371 g/mol. The summed E-state index contributed by atoms with van der Waals surface area (Å²) < 4.78 is 1.81. The Kier molecular flexibility index (Phi) is 4.49. The molecule has 3 aromatic rings. The molecule has 7 heteroatoms. The van der Waals surface area contributed by atoms with Crippen molar-refractivity contribution in [3.63, 3.8) is 0 Å². The third kappa shape index (κ3) is 2.63. The highest BCUT2D eigenvalue weighted by atomic mass is 35.5. The van der Waals surface area contributed by atoms with Gasteiger partial charge in [0.25, 0.3) is 0 Å². The molecule has 3 rings (SSSR count). The highest BCUT2D eigenvalue weighted by Crippen LogP contribution is 2.35. The van der Waals surface area contributed by atoms with Crippen LogP contribution in [-0.4, -0.2) is 9.67 Å². The van der Waals surface area contributed by atoms with Crippen LogP contribution in [0.5, 0.6) is 5.75 Å². The predicted octanol–water partition coefficient (Wildman–Crippen LogP) is 4.40. The summed E-state index contributed by atoms with van der Waals surface area (Å²) in [5.74, 6) is -0.0684. The number of aromatic nitrogens is 1. The van der Waals surface area contributed by atoms with Crippen LogP contribution in [0.4, 0.5) is 0 Å². The summed E-state index contributed by atoms with van der Waals surface area (Å²) in [5.41, 5.74) is 2.35. The number of phenolic OH excluding ortho intramolecular Hbond substituents is 1. The zero-order valence-corrected chi connectivity index (χ0v) is 15.0. The lowest BCUT2D eigenvalue weighted by atomic mass is 9.99. The fourth-order valence-electron chi connectivity index (χ4n) is 2.94. The number of fused-ring (bicyclic) bond motifs is 1. The first-order valence-electron chi connectivity index (χ1n) is 7.44. The minimum absolute atomic E-state index is 0.0630. The molecule has 126 valence electrons. The molecule has 5 nitrogen and oxygen atoms in total. The zero-order valence-electron chi connectivity index (χ0n) is 13.5. The Bertz CT molecular complexity index is 1190. The summed E-state index contributed by atoms with van der Waals surface area (Å²) in [4.78, 5) is 0. The minimum atomic E-state index is -0.0684. The van der Waals surface area contributed by atoms with Crippen molar-refractivity contribution in [2.24, 2.45) is 7.05 Å². The fourth-order valence-corrected chi connectivity index (χ4v) is 3.45. The van der Waals surface area contributed by atoms with E-state index in [-0.39, 0.29) is 27.5 Å². The Labute approximate surface area is 159 Å². The number of aromatic hydroxyl groups is 1. The van der Waals surface area contributed by atoms with Crippen molar-refractivity contribution >= 4 is 34.1 Å². The van der Waals surface area contributed by atoms with Crippen molar-refractivity contribution in [3.05, 3.63) is 62.3 Å². The second-order valence-corrected chi connectivity index (χ2v) is 6.46. The summed E-state index contributed by atoms with van der Waals surface area (Å²) in [6.45, 7) is 0. The van der Waals surface area contributed by atoms with Crippen LogP contribution in [0.25, 0.3) is 10.9 Å². The SMILES string of the molecule is Cn1c(Cc2c(Cl)ccc(O)c2Cl)cc2c(C#N)c(C#N)c(C#N)cc21. The van der Waals surface area contributed by atoms with Gasteiger partial charge in [0, 0.05) is 29.6 Å². The first kappa shape index (κ1) is 17.6. The van der Waals surface area contributed by atoms with E-state index in [1.807, 2.05) is 22.8 Å². The van der Waals surface area contributed by atoms with Crippen LogP contribution in [0.3, 0.4) is 0 Å². The number of benzene rings is 2. The van der Waals surface area contributed by atoms with Gasteiger partial charge in [-0.25, -0.2) is 0 Å². The smallest absolute Gasteiger partial charge is 0.134 e. The first-order valence-corrected chi connectivity index (χ1v) is 8.20. The second kappa shape index (κ2) is 6.62. The Morgan fingerprint density at radius 1 is 1.04 bits per heavy atom. The molecule has 1 N–H and O–H groups in total. The average Bonchev–Trinajstić information content (AvgIpc) is 2.95. The van der Waals surface area contributed by atoms with Gasteiger partial charge in [0.05, 0.1) is 27.2 Å². The molecule has 0 aliphatic rings. The van der Waals surface area contributed by atoms with Gasteiger partial charge in [-0.15, -0.1) is 0 Å². The van der Waals surface area contributed by atoms with Crippen LogP contribution >= 0.6 is 23.2 Å². The number of hydrogen-bond acceptors (Lipinski definition) is 4. The van der Waals surface area contributed by atoms with Crippen molar-refractivity contribution in [1.82, 2.24) is 4.57 Å². The van der Waals surface area contributed by atoms with E-state index in [9.17, 15) is 20.9 Å². The maximum Gasteiger partial charge on any atom is 0.134 e. The summed E-state index contributed by atoms with van der Waals surface area (Å²) >= 11 is 12.4. The van der Waals surface area contributed by atoms with Gasteiger partial charge in [0.2, 0.25) is 0 Å². The molecule has 1 heterocycles. The quantitative estimate of drug-likeness (QED) is 0.712. The molecule has 0 atom stereocenters. The fraction of sp³-hybridized carbons (Fsp3) is 0.105. The second-order valence-electron chi connectivity index (χ2n) is 5.67. The van der Waals surface area contributed by atoms with Crippen molar-refractivity contribution < 1.29 is 5.11 Å². The normalized spacial score (nSPS) is 10.3. The van der Waals surface area contributed by atoms with E-state index >= 15 is 0 Å². The highest BCUT2D eigenvalue weighted by Gasteiger charge is 2.19. The molecule has 0 spiro atoms. The minimum Gasteiger partial charge on any atom is -0.506 e. The molecule has 0 aliphatic heterocycles. The van der Waals surface area contributed by atoms with Gasteiger partial charge in [-0.2, -0.15) is 15.8 Å². The topological polar surface area (TPSA) is 96.5 Å². The number of hydrogen-bond donors (Lipinski definition) is 1. The molecule has 1 aromatic heterocycles. The lowest BCUT2D eigenvalue weighted by Gasteiger charge is -2.10. The van der Waals surface area contributed by atoms with Crippen LogP contribution in [0.15, 0.2) is 24.3 Å². The number of nitrogens with zero attached hydrogens (tertiary/aromatic N) is 4. The predicted molar refractivity (Wildman–Crippen MR) is 98.0 cm³/mol. The van der Waals surface area contributed by atoms with E-state index < -0.39 is 0 Å². The van der Waals surface area contributed by atoms with Crippen molar-refractivity contribution in [2.75, 3.05) is 0 Å². The Balaban J connectivity index is 2.27. The van der Waals surface area contributed by atoms with Crippen LogP contribution in [-0.2, 0) is 13.5 Å². The Morgan fingerprint density at radius 3 is 2.35 bits per heavy atom. The van der Waals surface area contributed by atoms with E-state index in [1.54, 1.807) is 25.2 Å². The molecule has 0 fully saturated rings. The molecule has 0 radical (unpaired) electrons. The molecule has 0 amide bonds. The summed E-state index contributed by atoms with van der Waals surface area (Å²) in [7, 11) is 1.79. The van der Waals surface area contributed by atoms with Crippen molar-refractivity contribution in [2.45, 2.75) is 6.42 Å². The monoisotopic (exact) mass is 380 g/mol. The van der Waals surface area contributed by atoms with Crippen LogP contribution in [0.2, 0.25) is 10.0 Å². The van der Waals surface area contributed by atoms with Gasteiger partial charge in [0.15, 0.2) is 0 Å². The first-order chi connectivity index (χ1) is 12.4. The van der Waals surface area contributed by atoms with Crippen LogP contribution in [0.1, 0.15) is 27.9 Å². The van der Waals surface area contributed by atoms with E-state index in [0.29, 0.717) is 27.9 Å². The number of nitriles is 3. The highest BCUT2D eigenvalue weighted by molar-refractivity contribution is 6.37. The van der Waals surface area contributed by atoms with Gasteiger partial charge in [-0.3, -0.25) is 0 Å². The zero-order chi connectivity index (χ0) is 19.0. The summed E-state index contributed by atoms with van der Waals surface area (Å²) in [6, 6.07) is 12.3. The van der Waals surface area contributed by atoms with E-state index in [0.717, 1.165) is 5.69 Å². The maximum atomic E-state index is 9.82. The summed E-state index contributed by atoms with van der Waals surface area (Å²) in [6.07, 6.45) is 0.311. The number of halogens is 2. The van der Waals surface area contributed by atoms with E-state index in [1.165, 1.54) is 6.07 Å². The molecule has 2 aromatic carbocycles. The molecule has 0 saturated heterocycles. The maximum absolute atomic E-state index is 9.82. The number of aryl methyl sites for hydroxylation is 1. The third-order valence-electron chi connectivity index (χ3n) is 4.32. The largest absolute Gasteiger partial charge is 0.506 e. The molecule has 0 bridgehead atoms. The van der Waals surface area contributed by atoms with Crippen molar-refractivity contribution in [3.8, 4) is 24.0 Å². The van der Waals surface area contributed by atoms with Gasteiger partial charge in [0.1, 0.15) is 24.0 Å². The van der Waals surface area contributed by atoms with E-state index in [4.69, 9.17) is 23.2 Å². The van der Waals surface area contributed by atoms with Crippen molar-refractivity contribution in [1.29, 1.82) is 15.8 Å². The van der Waals surface area contributed by atoms with Gasteiger partial charge < -0.3 is 9.67 Å². The lowest BCUT2D eigenvalue weighted by molar-refractivity contribution is 0.475. The molecular formula is C19H10Cl2N4O. The number of rotatable bonds is 2. The average molecular weight is 381 g/mol. The number of phenols is 1. The van der Waals surface area contributed by atoms with Gasteiger partial charge in [-0.05, 0) is 29.8 Å². The molecule has 0 aliphatic carbocycles. The molecule has 26 heavy (non-hydrogen) atoms. The standard InChI is InChI=1S/C19H10Cl2N4O/c1-25-11(6-13-16(20)2-3-18(26)19(13)21)5-12-15(9-24)14(8-23)10(7-22)4-17(12)25/h2-5,26H,6H2,1H3. The molecule has 0 unspecified atom stereocenters. The van der Waals surface area contributed by atoms with Crippen LogP contribution in [0, 0.1) is 34.0 Å². The van der Waals surface area contributed by atoms with Gasteiger partial charge >= 0.3 is 0 Å². The summed E-state index contributed by atoms with van der Waals surface area (Å²) in [5, 5.41) is 39.1. The Hall–Kier alpha value is -3.17. The van der Waals surface area contributed by atoms with E-state index in [2.05, 4.69) is 0 Å². The Morgan fingerprint density at radius 2 is 1.73 bits per heavy atom. The lowest BCUT2D eigenvalue weighted by Crippen LogP contribution is -1.99. The van der Waals surface area contributed by atoms with Gasteiger partial charge in [-0.1, -0.05) is 23.2 Å².